The van der Waals surface area contributed by atoms with E-state index in [1.807, 2.05) is 25.1 Å². The average Bonchev–Trinajstić information content (AvgIpc) is 3.06. The molecule has 1 N–H and O–H groups in total. The van der Waals surface area contributed by atoms with Crippen LogP contribution >= 0.6 is 11.3 Å². The number of benzene rings is 1. The van der Waals surface area contributed by atoms with E-state index >= 15 is 0 Å². The van der Waals surface area contributed by atoms with E-state index in [9.17, 15) is 8.42 Å². The van der Waals surface area contributed by atoms with Gasteiger partial charge in [-0.25, -0.2) is 18.4 Å². The fourth-order valence-electron chi connectivity index (χ4n) is 3.84. The quantitative estimate of drug-likeness (QED) is 0.700. The van der Waals surface area contributed by atoms with Crippen LogP contribution < -0.4 is 5.32 Å². The smallest absolute Gasteiger partial charge is 0.150 e. The molecule has 0 aliphatic heterocycles. The van der Waals surface area contributed by atoms with Crippen LogP contribution in [-0.4, -0.2) is 35.9 Å². The van der Waals surface area contributed by atoms with Crippen molar-refractivity contribution in [3.63, 3.8) is 0 Å². The van der Waals surface area contributed by atoms with Gasteiger partial charge in [0.1, 0.15) is 26.3 Å². The van der Waals surface area contributed by atoms with Crippen LogP contribution in [0, 0.1) is 6.92 Å². The molecule has 2 atom stereocenters. The second-order valence-corrected chi connectivity index (χ2v) is 10.5. The van der Waals surface area contributed by atoms with Crippen molar-refractivity contribution in [2.24, 2.45) is 0 Å². The molecule has 1 fully saturated rings. The minimum absolute atomic E-state index is 0.111. The molecule has 2 heterocycles. The number of hydrogen-bond acceptors (Lipinski definition) is 6. The molecule has 1 aliphatic rings. The van der Waals surface area contributed by atoms with E-state index in [0.717, 1.165) is 52.2 Å². The monoisotopic (exact) mass is 401 g/mol. The fraction of sp³-hybridized carbons (Fsp3) is 0.400. The summed E-state index contributed by atoms with van der Waals surface area (Å²) >= 11 is 1.62. The van der Waals surface area contributed by atoms with Crippen molar-refractivity contribution in [3.8, 4) is 11.1 Å². The molecule has 2 unspecified atom stereocenters. The standard InChI is InChI=1S/C20H23N3O2S2/c1-13-21-19(23-15-9-6-10-16(11-15)27(2,24)25)18-17(12-26-20(18)22-13)14-7-4-3-5-8-14/h3-5,7-8,12,15-16H,6,9-11H2,1-2H3,(H,21,22,23). The molecule has 5 nitrogen and oxygen atoms in total. The molecule has 4 rings (SSSR count). The summed E-state index contributed by atoms with van der Waals surface area (Å²) in [6.45, 7) is 1.90. The Morgan fingerprint density at radius 3 is 2.67 bits per heavy atom. The highest BCUT2D eigenvalue weighted by atomic mass is 32.2. The van der Waals surface area contributed by atoms with E-state index in [4.69, 9.17) is 0 Å². The molecule has 0 bridgehead atoms. The van der Waals surface area contributed by atoms with Gasteiger partial charge in [0.05, 0.1) is 10.6 Å². The van der Waals surface area contributed by atoms with Crippen LogP contribution in [0.2, 0.25) is 0 Å². The Balaban J connectivity index is 1.72. The highest BCUT2D eigenvalue weighted by Crippen LogP contribution is 2.38. The van der Waals surface area contributed by atoms with Crippen LogP contribution in [-0.2, 0) is 9.84 Å². The maximum atomic E-state index is 12.0. The molecule has 0 amide bonds. The first kappa shape index (κ1) is 18.4. The van der Waals surface area contributed by atoms with E-state index in [1.54, 1.807) is 11.3 Å². The number of aryl methyl sites for hydroxylation is 1. The van der Waals surface area contributed by atoms with E-state index in [2.05, 4.69) is 32.8 Å². The second-order valence-electron chi connectivity index (χ2n) is 7.27. The van der Waals surface area contributed by atoms with Crippen LogP contribution in [0.1, 0.15) is 31.5 Å². The number of anilines is 1. The lowest BCUT2D eigenvalue weighted by Gasteiger charge is -2.29. The topological polar surface area (TPSA) is 72.0 Å². The number of fused-ring (bicyclic) bond motifs is 1. The number of rotatable bonds is 4. The van der Waals surface area contributed by atoms with Crippen molar-refractivity contribution >= 4 is 37.2 Å². The summed E-state index contributed by atoms with van der Waals surface area (Å²) in [5.74, 6) is 1.54. The van der Waals surface area contributed by atoms with Gasteiger partial charge < -0.3 is 5.32 Å². The number of sulfone groups is 1. The van der Waals surface area contributed by atoms with Gasteiger partial charge in [0.15, 0.2) is 0 Å². The first-order valence-electron chi connectivity index (χ1n) is 9.18. The van der Waals surface area contributed by atoms with Crippen LogP contribution in [0.5, 0.6) is 0 Å². The van der Waals surface area contributed by atoms with Gasteiger partial charge in [-0.1, -0.05) is 36.8 Å². The zero-order valence-electron chi connectivity index (χ0n) is 15.5. The van der Waals surface area contributed by atoms with Gasteiger partial charge in [-0.2, -0.15) is 0 Å². The summed E-state index contributed by atoms with van der Waals surface area (Å²) in [6.07, 6.45) is 4.61. The van der Waals surface area contributed by atoms with Crippen molar-refractivity contribution in [1.29, 1.82) is 0 Å². The van der Waals surface area contributed by atoms with Gasteiger partial charge in [0.25, 0.3) is 0 Å². The normalized spacial score (nSPS) is 20.7. The predicted octanol–water partition coefficient (Wildman–Crippen LogP) is 4.43. The molecule has 1 saturated carbocycles. The van der Waals surface area contributed by atoms with Crippen LogP contribution in [0.15, 0.2) is 35.7 Å². The lowest BCUT2D eigenvalue weighted by molar-refractivity contribution is 0.452. The highest BCUT2D eigenvalue weighted by molar-refractivity contribution is 7.91. The number of thiophene rings is 1. The lowest BCUT2D eigenvalue weighted by Crippen LogP contribution is -2.34. The zero-order chi connectivity index (χ0) is 19.0. The van der Waals surface area contributed by atoms with Gasteiger partial charge in [-0.05, 0) is 31.7 Å². The minimum Gasteiger partial charge on any atom is -0.367 e. The maximum Gasteiger partial charge on any atom is 0.150 e. The zero-order valence-corrected chi connectivity index (χ0v) is 17.1. The lowest BCUT2D eigenvalue weighted by atomic mass is 9.94. The minimum atomic E-state index is -3.01. The molecule has 1 aromatic carbocycles. The first-order chi connectivity index (χ1) is 12.9. The van der Waals surface area contributed by atoms with E-state index in [-0.39, 0.29) is 11.3 Å². The second kappa shape index (κ2) is 7.20. The molecular formula is C20H23N3O2S2. The SMILES string of the molecule is Cc1nc(NC2CCCC(S(C)(=O)=O)C2)c2c(-c3ccccc3)csc2n1. The van der Waals surface area contributed by atoms with Crippen molar-refractivity contribution < 1.29 is 8.42 Å². The molecule has 0 spiro atoms. The van der Waals surface area contributed by atoms with Gasteiger partial charge in [0.2, 0.25) is 0 Å². The Kier molecular flexibility index (Phi) is 4.90. The van der Waals surface area contributed by atoms with Crippen LogP contribution in [0.4, 0.5) is 5.82 Å². The van der Waals surface area contributed by atoms with Crippen molar-refractivity contribution in [3.05, 3.63) is 41.5 Å². The summed E-state index contributed by atoms with van der Waals surface area (Å²) in [6, 6.07) is 10.3. The third-order valence-corrected chi connectivity index (χ3v) is 7.71. The van der Waals surface area contributed by atoms with E-state index in [0.29, 0.717) is 6.42 Å². The van der Waals surface area contributed by atoms with Crippen molar-refractivity contribution in [2.45, 2.75) is 43.9 Å². The molecule has 2 aromatic heterocycles. The van der Waals surface area contributed by atoms with Crippen molar-refractivity contribution in [1.82, 2.24) is 9.97 Å². The Labute approximate surface area is 163 Å². The van der Waals surface area contributed by atoms with Crippen molar-refractivity contribution in [2.75, 3.05) is 11.6 Å². The fourth-order valence-corrected chi connectivity index (χ4v) is 6.01. The highest BCUT2D eigenvalue weighted by Gasteiger charge is 2.29. The molecule has 1 aliphatic carbocycles. The third kappa shape index (κ3) is 3.84. The Bertz CT molecular complexity index is 1060. The molecule has 3 aromatic rings. The molecule has 27 heavy (non-hydrogen) atoms. The number of hydrogen-bond donors (Lipinski definition) is 1. The molecular weight excluding hydrogens is 378 g/mol. The average molecular weight is 402 g/mol. The predicted molar refractivity (Wildman–Crippen MR) is 112 cm³/mol. The summed E-state index contributed by atoms with van der Waals surface area (Å²) < 4.78 is 24.0. The third-order valence-electron chi connectivity index (χ3n) is 5.20. The molecule has 142 valence electrons. The summed E-state index contributed by atoms with van der Waals surface area (Å²) in [5.41, 5.74) is 2.26. The maximum absolute atomic E-state index is 12.0. The number of nitrogens with one attached hydrogen (secondary N) is 1. The molecule has 0 saturated heterocycles. The summed E-state index contributed by atoms with van der Waals surface area (Å²) in [7, 11) is -3.01. The first-order valence-corrected chi connectivity index (χ1v) is 12.0. The van der Waals surface area contributed by atoms with Gasteiger partial charge in [-0.15, -0.1) is 11.3 Å². The van der Waals surface area contributed by atoms with Gasteiger partial charge in [-0.3, -0.25) is 0 Å². The summed E-state index contributed by atoms with van der Waals surface area (Å²) in [4.78, 5) is 10.2. The van der Waals surface area contributed by atoms with Crippen LogP contribution in [0.3, 0.4) is 0 Å². The Morgan fingerprint density at radius 2 is 1.93 bits per heavy atom. The van der Waals surface area contributed by atoms with Crippen LogP contribution in [0.25, 0.3) is 21.3 Å². The molecule has 0 radical (unpaired) electrons. The largest absolute Gasteiger partial charge is 0.367 e. The van der Waals surface area contributed by atoms with Gasteiger partial charge >= 0.3 is 0 Å². The number of aromatic nitrogens is 2. The van der Waals surface area contributed by atoms with Gasteiger partial charge in [0, 0.05) is 23.2 Å². The molecule has 7 heteroatoms. The van der Waals surface area contributed by atoms with E-state index < -0.39 is 9.84 Å². The Morgan fingerprint density at radius 1 is 1.15 bits per heavy atom. The Hall–Kier alpha value is -1.99. The summed E-state index contributed by atoms with van der Waals surface area (Å²) in [5, 5.41) is 6.44. The number of nitrogens with zero attached hydrogens (tertiary/aromatic N) is 2. The van der Waals surface area contributed by atoms with E-state index in [1.165, 1.54) is 6.26 Å².